The third-order valence-corrected chi connectivity index (χ3v) is 8.85. The van der Waals surface area contributed by atoms with E-state index in [0.717, 1.165) is 41.0 Å². The number of nitro groups is 1. The molecule has 5 aromatic rings. The molecule has 43 heavy (non-hydrogen) atoms. The average molecular weight is 592 g/mol. The smallest absolute Gasteiger partial charge is 0.284 e. The molecule has 9 nitrogen and oxygen atoms in total. The molecule has 0 bridgehead atoms. The number of hydrogen-bond acceptors (Lipinski definition) is 8. The quantitative estimate of drug-likeness (QED) is 0.191. The number of furan rings is 1. The SMILES string of the molecule is COc1ccc([C@@H]2C3=C(N=c4s/c(=C\c5ccc(-c6ccc(OC)cc6[N+](=O)[O-])o5)c(=O)n42)c2ccccc2CC3)cc1. The van der Waals surface area contributed by atoms with Gasteiger partial charge in [0.05, 0.1) is 47.0 Å². The van der Waals surface area contributed by atoms with E-state index in [4.69, 9.17) is 18.9 Å². The van der Waals surface area contributed by atoms with Crippen molar-refractivity contribution in [3.8, 4) is 22.8 Å². The number of ether oxygens (including phenoxy) is 2. The first kappa shape index (κ1) is 26.7. The van der Waals surface area contributed by atoms with Gasteiger partial charge in [-0.2, -0.15) is 0 Å². The van der Waals surface area contributed by atoms with Gasteiger partial charge in [-0.15, -0.1) is 0 Å². The maximum absolute atomic E-state index is 14.0. The minimum Gasteiger partial charge on any atom is -0.497 e. The van der Waals surface area contributed by atoms with E-state index in [1.165, 1.54) is 30.1 Å². The van der Waals surface area contributed by atoms with Crippen LogP contribution in [0.4, 0.5) is 5.69 Å². The molecule has 214 valence electrons. The van der Waals surface area contributed by atoms with E-state index in [9.17, 15) is 14.9 Å². The molecule has 0 N–H and O–H groups in total. The van der Waals surface area contributed by atoms with Crippen LogP contribution in [0.2, 0.25) is 0 Å². The van der Waals surface area contributed by atoms with Crippen LogP contribution < -0.4 is 24.4 Å². The number of thiazole rings is 1. The van der Waals surface area contributed by atoms with Crippen molar-refractivity contribution in [2.75, 3.05) is 14.2 Å². The predicted octanol–water partition coefficient (Wildman–Crippen LogP) is 5.50. The summed E-state index contributed by atoms with van der Waals surface area (Å²) in [7, 11) is 3.08. The van der Waals surface area contributed by atoms with E-state index < -0.39 is 4.92 Å². The number of benzene rings is 3. The highest BCUT2D eigenvalue weighted by Gasteiger charge is 2.32. The molecule has 2 aliphatic rings. The molecule has 1 aliphatic carbocycles. The van der Waals surface area contributed by atoms with Crippen molar-refractivity contribution in [3.05, 3.63) is 137 Å². The summed E-state index contributed by atoms with van der Waals surface area (Å²) in [6, 6.07) is 23.7. The van der Waals surface area contributed by atoms with Crippen LogP contribution in [0.5, 0.6) is 11.5 Å². The Kier molecular flexibility index (Phi) is 6.55. The van der Waals surface area contributed by atoms with E-state index in [1.807, 2.05) is 36.4 Å². The second-order valence-electron chi connectivity index (χ2n) is 10.2. The Balaban J connectivity index is 1.37. The van der Waals surface area contributed by atoms with Crippen molar-refractivity contribution in [1.82, 2.24) is 4.57 Å². The van der Waals surface area contributed by atoms with Gasteiger partial charge in [-0.3, -0.25) is 19.5 Å². The molecule has 0 amide bonds. The molecule has 0 saturated heterocycles. The molecule has 3 aromatic carbocycles. The number of rotatable bonds is 6. The second-order valence-corrected chi connectivity index (χ2v) is 11.2. The zero-order valence-electron chi connectivity index (χ0n) is 23.3. The van der Waals surface area contributed by atoms with Crippen LogP contribution in [0, 0.1) is 10.1 Å². The number of fused-ring (bicyclic) bond motifs is 3. The molecular formula is C33H25N3O6S. The summed E-state index contributed by atoms with van der Waals surface area (Å²) in [5, 5.41) is 11.7. The number of methoxy groups -OCH3 is 2. The molecular weight excluding hydrogens is 566 g/mol. The van der Waals surface area contributed by atoms with Crippen LogP contribution in [0.25, 0.3) is 23.1 Å². The van der Waals surface area contributed by atoms with Crippen molar-refractivity contribution in [2.24, 2.45) is 4.99 Å². The van der Waals surface area contributed by atoms with Crippen molar-refractivity contribution in [1.29, 1.82) is 0 Å². The minimum atomic E-state index is -0.475. The summed E-state index contributed by atoms with van der Waals surface area (Å²) < 4.78 is 18.8. The Bertz CT molecular complexity index is 2120. The minimum absolute atomic E-state index is 0.134. The highest BCUT2D eigenvalue weighted by molar-refractivity contribution is 7.07. The molecule has 2 aromatic heterocycles. The first-order valence-electron chi connectivity index (χ1n) is 13.6. The van der Waals surface area contributed by atoms with Gasteiger partial charge in [0.15, 0.2) is 4.80 Å². The largest absolute Gasteiger partial charge is 0.497 e. The van der Waals surface area contributed by atoms with E-state index in [2.05, 4.69) is 12.1 Å². The molecule has 0 spiro atoms. The highest BCUT2D eigenvalue weighted by Crippen LogP contribution is 2.41. The normalized spacial score (nSPS) is 15.8. The van der Waals surface area contributed by atoms with Gasteiger partial charge in [-0.25, -0.2) is 4.99 Å². The molecule has 10 heteroatoms. The predicted molar refractivity (Wildman–Crippen MR) is 163 cm³/mol. The lowest BCUT2D eigenvalue weighted by Crippen LogP contribution is -2.38. The third kappa shape index (κ3) is 4.56. The van der Waals surface area contributed by atoms with E-state index in [1.54, 1.807) is 42.0 Å². The molecule has 1 atom stereocenters. The lowest BCUT2D eigenvalue weighted by molar-refractivity contribution is -0.384. The first-order valence-corrected chi connectivity index (χ1v) is 14.5. The summed E-state index contributed by atoms with van der Waals surface area (Å²) in [5.74, 6) is 1.84. The van der Waals surface area contributed by atoms with Gasteiger partial charge in [-0.05, 0) is 65.9 Å². The Morgan fingerprint density at radius 3 is 2.51 bits per heavy atom. The van der Waals surface area contributed by atoms with Crippen LogP contribution >= 0.6 is 11.3 Å². The van der Waals surface area contributed by atoms with Crippen LogP contribution in [-0.2, 0) is 6.42 Å². The van der Waals surface area contributed by atoms with Crippen molar-refractivity contribution in [2.45, 2.75) is 18.9 Å². The van der Waals surface area contributed by atoms with Gasteiger partial charge in [0.25, 0.3) is 11.2 Å². The molecule has 0 saturated carbocycles. The summed E-state index contributed by atoms with van der Waals surface area (Å²) >= 11 is 1.30. The van der Waals surface area contributed by atoms with Gasteiger partial charge in [0.2, 0.25) is 0 Å². The van der Waals surface area contributed by atoms with Gasteiger partial charge in [-0.1, -0.05) is 47.7 Å². The van der Waals surface area contributed by atoms with Crippen LogP contribution in [0.1, 0.15) is 34.9 Å². The fraction of sp³-hybridized carbons (Fsp3) is 0.152. The Morgan fingerprint density at radius 2 is 1.74 bits per heavy atom. The zero-order chi connectivity index (χ0) is 29.7. The number of aromatic nitrogens is 1. The Morgan fingerprint density at radius 1 is 0.977 bits per heavy atom. The van der Waals surface area contributed by atoms with Crippen LogP contribution in [0.15, 0.2) is 98.6 Å². The summed E-state index contributed by atoms with van der Waals surface area (Å²) in [6.45, 7) is 0. The molecule has 3 heterocycles. The van der Waals surface area contributed by atoms with Gasteiger partial charge >= 0.3 is 0 Å². The average Bonchev–Trinajstić information content (AvgIpc) is 3.63. The molecule has 1 aliphatic heterocycles. The highest BCUT2D eigenvalue weighted by atomic mass is 32.1. The van der Waals surface area contributed by atoms with Crippen LogP contribution in [-0.4, -0.2) is 23.7 Å². The third-order valence-electron chi connectivity index (χ3n) is 7.87. The number of nitro benzene ring substituents is 1. The Hall–Kier alpha value is -5.22. The van der Waals surface area contributed by atoms with Gasteiger partial charge < -0.3 is 13.9 Å². The van der Waals surface area contributed by atoms with E-state index >= 15 is 0 Å². The number of allylic oxidation sites excluding steroid dienone is 1. The maximum Gasteiger partial charge on any atom is 0.284 e. The lowest BCUT2D eigenvalue weighted by Gasteiger charge is -2.30. The van der Waals surface area contributed by atoms with Crippen molar-refractivity contribution < 1.29 is 18.8 Å². The summed E-state index contributed by atoms with van der Waals surface area (Å²) in [5.41, 5.74) is 5.34. The zero-order valence-corrected chi connectivity index (χ0v) is 24.1. The van der Waals surface area contributed by atoms with E-state index in [-0.39, 0.29) is 17.3 Å². The van der Waals surface area contributed by atoms with Gasteiger partial charge in [0, 0.05) is 11.6 Å². The monoisotopic (exact) mass is 591 g/mol. The molecule has 0 radical (unpaired) electrons. The molecule has 7 rings (SSSR count). The van der Waals surface area contributed by atoms with E-state index in [0.29, 0.717) is 32.2 Å². The van der Waals surface area contributed by atoms with Crippen LogP contribution in [0.3, 0.4) is 0 Å². The topological polar surface area (TPSA) is 109 Å². The maximum atomic E-state index is 14.0. The van der Waals surface area contributed by atoms with Crippen molar-refractivity contribution in [3.63, 3.8) is 0 Å². The van der Waals surface area contributed by atoms with Gasteiger partial charge in [0.1, 0.15) is 23.0 Å². The molecule has 0 fully saturated rings. The van der Waals surface area contributed by atoms with Crippen molar-refractivity contribution >= 4 is 28.8 Å². The molecule has 0 unspecified atom stereocenters. The fourth-order valence-corrected chi connectivity index (χ4v) is 6.79. The Labute approximate surface area is 249 Å². The fourth-order valence-electron chi connectivity index (χ4n) is 5.81. The standard InChI is InChI=1S/C33H25N3O6S/c1-40-21-10-7-20(8-11-21)31-26-14-9-19-5-3-4-6-24(19)30(26)34-33-35(31)32(37)29(43-33)18-23-13-16-28(42-23)25-15-12-22(41-2)17-27(25)36(38)39/h3-8,10-13,15-18,31H,9,14H2,1-2H3/b29-18-/t31-/m1/s1. The number of hydrogen-bond donors (Lipinski definition) is 0. The number of nitrogens with zero attached hydrogens (tertiary/aromatic N) is 3. The second kappa shape index (κ2) is 10.6. The summed E-state index contributed by atoms with van der Waals surface area (Å²) in [6.07, 6.45) is 3.33. The lowest BCUT2D eigenvalue weighted by atomic mass is 9.83. The summed E-state index contributed by atoms with van der Waals surface area (Å²) in [4.78, 5) is 30.9. The number of aryl methyl sites for hydroxylation is 1. The first-order chi connectivity index (χ1) is 20.9.